The number of hydrogen-bond acceptors (Lipinski definition) is 12. The summed E-state index contributed by atoms with van der Waals surface area (Å²) in [6, 6.07) is 11.9. The van der Waals surface area contributed by atoms with Crippen LogP contribution in [0.3, 0.4) is 0 Å². The van der Waals surface area contributed by atoms with Gasteiger partial charge in [-0.3, -0.25) is 0 Å². The Hall–Kier alpha value is -5.26. The van der Waals surface area contributed by atoms with Gasteiger partial charge in [0, 0.05) is 12.2 Å². The van der Waals surface area contributed by atoms with Gasteiger partial charge in [0.05, 0.1) is 35.5 Å². The van der Waals surface area contributed by atoms with Crippen LogP contribution < -0.4 is 0 Å². The molecule has 0 heterocycles. The summed E-state index contributed by atoms with van der Waals surface area (Å²) in [4.78, 5) is 80.5. The van der Waals surface area contributed by atoms with Crippen LogP contribution in [0.2, 0.25) is 0 Å². The maximum Gasteiger partial charge on any atom is 0.386 e. The van der Waals surface area contributed by atoms with E-state index in [1.54, 1.807) is 12.1 Å². The van der Waals surface area contributed by atoms with Crippen molar-refractivity contribution in [3.05, 3.63) is 96.1 Å². The number of ether oxygens (including phenoxy) is 4. The first-order chi connectivity index (χ1) is 24.2. The van der Waals surface area contributed by atoms with Gasteiger partial charge < -0.3 is 18.9 Å². The third kappa shape index (κ3) is 11.4. The van der Waals surface area contributed by atoms with Crippen molar-refractivity contribution in [2.75, 3.05) is 13.2 Å². The van der Waals surface area contributed by atoms with Crippen molar-refractivity contribution in [1.82, 2.24) is 0 Å². The molecule has 0 bridgehead atoms. The molecule has 2 aliphatic carbocycles. The molecule has 12 heteroatoms. The molecular weight excluding hydrogens is 648 g/mol. The average Bonchev–Trinajstić information content (AvgIpc) is 3.15. The highest BCUT2D eigenvalue weighted by Gasteiger charge is 2.33. The van der Waals surface area contributed by atoms with Gasteiger partial charge in [-0.1, -0.05) is 13.2 Å². The fraction of sp³-hybridized carbons (Fsp3) is 0.421. The Balaban J connectivity index is 1.11. The molecule has 50 heavy (non-hydrogen) atoms. The summed E-state index contributed by atoms with van der Waals surface area (Å²) in [7, 11) is 0. The van der Waals surface area contributed by atoms with Gasteiger partial charge in [0.15, 0.2) is 0 Å². The Labute approximate surface area is 290 Å². The summed E-state index contributed by atoms with van der Waals surface area (Å²) in [6.07, 6.45) is 9.59. The lowest BCUT2D eigenvalue weighted by atomic mass is 9.72. The van der Waals surface area contributed by atoms with Crippen molar-refractivity contribution >= 4 is 35.8 Å². The van der Waals surface area contributed by atoms with Crippen molar-refractivity contribution in [1.29, 1.82) is 0 Å². The molecule has 2 aromatic rings. The lowest BCUT2D eigenvalue weighted by Crippen LogP contribution is -2.32. The Morgan fingerprint density at radius 3 is 1.30 bits per heavy atom. The van der Waals surface area contributed by atoms with E-state index in [1.807, 2.05) is 0 Å². The Morgan fingerprint density at radius 1 is 0.500 bits per heavy atom. The van der Waals surface area contributed by atoms with E-state index >= 15 is 0 Å². The first kappa shape index (κ1) is 37.6. The van der Waals surface area contributed by atoms with Gasteiger partial charge in [-0.2, -0.15) is 0 Å². The largest absolute Gasteiger partial charge is 0.463 e. The topological polar surface area (TPSA) is 158 Å². The fourth-order valence-corrected chi connectivity index (χ4v) is 6.12. The zero-order chi connectivity index (χ0) is 35.9. The standard InChI is InChI=1S/C38H42O12/c1-3-33(39)45-23-5-6-24-46-35(41)27-7-9-28(10-8-27)36(42)47-31-19-15-25(16-20-31)26-17-21-32(22-18-26)48-37(43)29-11-13-30(14-12-29)38(44)50-49-34(40)4-2/h3-4,7-14,25-26,31-32H,1-2,5-6,15-24H2. The fourth-order valence-electron chi connectivity index (χ4n) is 6.12. The third-order valence-corrected chi connectivity index (χ3v) is 8.91. The highest BCUT2D eigenvalue weighted by molar-refractivity contribution is 5.94. The van der Waals surface area contributed by atoms with Crippen molar-refractivity contribution in [3.63, 3.8) is 0 Å². The zero-order valence-electron chi connectivity index (χ0n) is 27.9. The van der Waals surface area contributed by atoms with Crippen molar-refractivity contribution in [3.8, 4) is 0 Å². The number of esters is 4. The second kappa shape index (κ2) is 19.1. The van der Waals surface area contributed by atoms with E-state index in [0.717, 1.165) is 63.5 Å². The summed E-state index contributed by atoms with van der Waals surface area (Å²) in [5.74, 6) is -2.63. The predicted octanol–water partition coefficient (Wildman–Crippen LogP) is 6.29. The second-order valence-corrected chi connectivity index (χ2v) is 12.2. The van der Waals surface area contributed by atoms with E-state index in [0.29, 0.717) is 41.4 Å². The maximum atomic E-state index is 12.8. The van der Waals surface area contributed by atoms with Crippen LogP contribution in [0.4, 0.5) is 0 Å². The smallest absolute Gasteiger partial charge is 0.386 e. The molecule has 0 atom stereocenters. The molecule has 0 amide bonds. The number of benzene rings is 2. The summed E-state index contributed by atoms with van der Waals surface area (Å²) in [5, 5.41) is 0. The van der Waals surface area contributed by atoms with Crippen LogP contribution in [0.25, 0.3) is 0 Å². The van der Waals surface area contributed by atoms with Gasteiger partial charge in [0.1, 0.15) is 12.2 Å². The van der Waals surface area contributed by atoms with E-state index in [-0.39, 0.29) is 31.0 Å². The van der Waals surface area contributed by atoms with Gasteiger partial charge in [-0.05, 0) is 125 Å². The summed E-state index contributed by atoms with van der Waals surface area (Å²) in [6.45, 7) is 6.94. The molecule has 0 aromatic heterocycles. The molecule has 2 aromatic carbocycles. The SMILES string of the molecule is C=CC(=O)OCCCCOC(=O)c1ccc(C(=O)OC2CCC(C3CCC(OC(=O)c4ccc(C(=O)OOC(=O)C=C)cc4)CC3)CC2)cc1. The van der Waals surface area contributed by atoms with Gasteiger partial charge in [0.25, 0.3) is 0 Å². The zero-order valence-corrected chi connectivity index (χ0v) is 27.9. The van der Waals surface area contributed by atoms with Crippen LogP contribution in [-0.2, 0) is 38.3 Å². The van der Waals surface area contributed by atoms with Crippen LogP contribution in [-0.4, -0.2) is 61.2 Å². The van der Waals surface area contributed by atoms with Gasteiger partial charge in [-0.15, -0.1) is 0 Å². The van der Waals surface area contributed by atoms with Crippen LogP contribution in [0.15, 0.2) is 73.8 Å². The first-order valence-electron chi connectivity index (χ1n) is 16.8. The van der Waals surface area contributed by atoms with Crippen molar-refractivity contribution in [2.24, 2.45) is 11.8 Å². The van der Waals surface area contributed by atoms with E-state index < -0.39 is 35.8 Å². The molecule has 12 nitrogen and oxygen atoms in total. The number of carbonyl (C=O) groups excluding carboxylic acids is 6. The molecular formula is C38H42O12. The molecule has 0 saturated heterocycles. The minimum atomic E-state index is -0.901. The first-order valence-corrected chi connectivity index (χ1v) is 16.8. The maximum absolute atomic E-state index is 12.8. The monoisotopic (exact) mass is 690 g/mol. The molecule has 2 fully saturated rings. The Bertz CT molecular complexity index is 1510. The molecule has 266 valence electrons. The Kier molecular flexibility index (Phi) is 14.3. The van der Waals surface area contributed by atoms with Crippen molar-refractivity contribution in [2.45, 2.75) is 76.4 Å². The number of hydrogen-bond donors (Lipinski definition) is 0. The number of unbranched alkanes of at least 4 members (excludes halogenated alkanes) is 1. The van der Waals surface area contributed by atoms with Crippen molar-refractivity contribution < 1.29 is 57.5 Å². The van der Waals surface area contributed by atoms with Gasteiger partial charge in [-0.25, -0.2) is 38.5 Å². The normalized spacial score (nSPS) is 19.9. The van der Waals surface area contributed by atoms with E-state index in [2.05, 4.69) is 22.9 Å². The minimum absolute atomic E-state index is 0.105. The molecule has 4 rings (SSSR count). The Morgan fingerprint density at radius 2 is 0.880 bits per heavy atom. The lowest BCUT2D eigenvalue weighted by Gasteiger charge is -2.37. The molecule has 0 spiro atoms. The molecule has 0 aliphatic heterocycles. The quantitative estimate of drug-likeness (QED) is 0.0546. The van der Waals surface area contributed by atoms with Crippen LogP contribution in [0, 0.1) is 11.8 Å². The molecule has 0 unspecified atom stereocenters. The van der Waals surface area contributed by atoms with Gasteiger partial charge >= 0.3 is 35.8 Å². The summed E-state index contributed by atoms with van der Waals surface area (Å²) < 4.78 is 21.6. The molecule has 2 saturated carbocycles. The number of rotatable bonds is 14. The van der Waals surface area contributed by atoms with Crippen LogP contribution >= 0.6 is 0 Å². The van der Waals surface area contributed by atoms with Crippen LogP contribution in [0.5, 0.6) is 0 Å². The van der Waals surface area contributed by atoms with Crippen LogP contribution in [0.1, 0.15) is 106 Å². The summed E-state index contributed by atoms with van der Waals surface area (Å²) in [5.41, 5.74) is 1.10. The third-order valence-electron chi connectivity index (χ3n) is 8.91. The number of carbonyl (C=O) groups is 6. The molecule has 0 N–H and O–H groups in total. The predicted molar refractivity (Wildman–Crippen MR) is 178 cm³/mol. The summed E-state index contributed by atoms with van der Waals surface area (Å²) >= 11 is 0. The van der Waals surface area contributed by atoms with E-state index in [9.17, 15) is 28.8 Å². The molecule has 0 radical (unpaired) electrons. The minimum Gasteiger partial charge on any atom is -0.463 e. The van der Waals surface area contributed by atoms with E-state index in [1.165, 1.54) is 36.4 Å². The lowest BCUT2D eigenvalue weighted by molar-refractivity contribution is -0.228. The highest BCUT2D eigenvalue weighted by Crippen LogP contribution is 2.40. The second-order valence-electron chi connectivity index (χ2n) is 12.2. The van der Waals surface area contributed by atoms with Gasteiger partial charge in [0.2, 0.25) is 0 Å². The molecule has 2 aliphatic rings. The highest BCUT2D eigenvalue weighted by atomic mass is 17.2. The average molecular weight is 691 g/mol. The van der Waals surface area contributed by atoms with E-state index in [4.69, 9.17) is 18.9 Å².